The normalized spacial score (nSPS) is 17.5. The van der Waals surface area contributed by atoms with Crippen LogP contribution in [0.5, 0.6) is 0 Å². The maximum atomic E-state index is 13.3. The van der Waals surface area contributed by atoms with Crippen LogP contribution in [0.1, 0.15) is 24.1 Å². The predicted octanol–water partition coefficient (Wildman–Crippen LogP) is 1.29. The average Bonchev–Trinajstić information content (AvgIpc) is 2.93. The fourth-order valence-corrected chi connectivity index (χ4v) is 2.91. The van der Waals surface area contributed by atoms with E-state index in [1.807, 2.05) is 0 Å². The molecule has 0 aliphatic carbocycles. The molecule has 1 aliphatic rings. The van der Waals surface area contributed by atoms with Crippen molar-refractivity contribution in [3.63, 3.8) is 0 Å². The molecule has 0 bridgehead atoms. The summed E-state index contributed by atoms with van der Waals surface area (Å²) in [6, 6.07) is 4.90. The Bertz CT molecular complexity index is 1030. The van der Waals surface area contributed by atoms with E-state index < -0.39 is 23.4 Å². The Hall–Kier alpha value is -1.53. The summed E-state index contributed by atoms with van der Waals surface area (Å²) in [5.74, 6) is 0.514. The number of halogens is 3. The Morgan fingerprint density at radius 2 is 2.00 bits per heavy atom. The average molecular weight is 381 g/mol. The number of H-pyrrole nitrogens is 1. The van der Waals surface area contributed by atoms with Gasteiger partial charge in [-0.3, -0.25) is 16.0 Å². The summed E-state index contributed by atoms with van der Waals surface area (Å²) in [5.41, 5.74) is 0.0146. The van der Waals surface area contributed by atoms with Gasteiger partial charge in [0, 0.05) is 22.4 Å². The Labute approximate surface area is 189 Å². The van der Waals surface area contributed by atoms with Crippen molar-refractivity contribution in [1.82, 2.24) is 10.2 Å². The molecule has 1 atom stereocenters. The first kappa shape index (κ1) is 20.8. The molecule has 1 aromatic heterocycles. The number of alkyl halides is 3. The van der Waals surface area contributed by atoms with Crippen LogP contribution in [0, 0.1) is 13.5 Å². The second-order valence-corrected chi connectivity index (χ2v) is 5.62. The Morgan fingerprint density at radius 1 is 1.31 bits per heavy atom. The summed E-state index contributed by atoms with van der Waals surface area (Å²) in [7, 11) is 0. The minimum absolute atomic E-state index is 0. The van der Waals surface area contributed by atoms with Crippen LogP contribution < -0.4 is 51.4 Å². The molecule has 0 amide bonds. The standard InChI is InChI=1S/C17H11F3N5.K/c1-8-11-6-10(4-5-13(11)25-24-8)14-12(7-21)16(17(18,19)20)23-9(2)15(14)22-3;/h4-6,14H,1-2H3,(H,24,25);/q-1;+1/t14-;/m0./s1. The molecule has 0 spiro atoms. The smallest absolute Gasteiger partial charge is 0.763 e. The number of aromatic nitrogens is 2. The number of hydrogen-bond acceptors (Lipinski definition) is 2. The number of benzene rings is 1. The number of aromatic amines is 1. The van der Waals surface area contributed by atoms with E-state index in [1.165, 1.54) is 6.92 Å². The molecule has 0 radical (unpaired) electrons. The van der Waals surface area contributed by atoms with Gasteiger partial charge in [-0.2, -0.15) is 18.3 Å². The van der Waals surface area contributed by atoms with E-state index in [-0.39, 0.29) is 62.8 Å². The van der Waals surface area contributed by atoms with Crippen molar-refractivity contribution in [2.75, 3.05) is 0 Å². The monoisotopic (exact) mass is 381 g/mol. The maximum Gasteiger partial charge on any atom is 1.00 e. The first-order chi connectivity index (χ1) is 11.8. The first-order valence-corrected chi connectivity index (χ1v) is 7.24. The number of nitrogens with one attached hydrogen (secondary N) is 1. The van der Waals surface area contributed by atoms with Crippen molar-refractivity contribution < 1.29 is 64.6 Å². The van der Waals surface area contributed by atoms with Crippen LogP contribution in [-0.4, -0.2) is 28.0 Å². The van der Waals surface area contributed by atoms with Gasteiger partial charge in [0.25, 0.3) is 0 Å². The van der Waals surface area contributed by atoms with Crippen molar-refractivity contribution in [1.29, 1.82) is 0 Å². The molecule has 1 N–H and O–H groups in total. The van der Waals surface area contributed by atoms with Gasteiger partial charge in [0.05, 0.1) is 18.0 Å². The Kier molecular flexibility index (Phi) is 6.08. The van der Waals surface area contributed by atoms with Crippen LogP contribution >= 0.6 is 0 Å². The zero-order valence-electron chi connectivity index (χ0n) is 14.2. The summed E-state index contributed by atoms with van der Waals surface area (Å²) in [6.07, 6.45) is -4.77. The van der Waals surface area contributed by atoms with Crippen LogP contribution in [0.2, 0.25) is 0 Å². The second-order valence-electron chi connectivity index (χ2n) is 5.62. The second kappa shape index (κ2) is 7.60. The molecule has 9 heteroatoms. The SMILES string of the molecule is [C-]#[N+]C1=C(C)N=C(C(F)(F)F)C(=C=[N-])[C@@H]1c1ccc2n[nH]c(C)c2c1.[K+]. The molecule has 3 rings (SSSR count). The molecule has 2 heterocycles. The molecular formula is C17H11F3KN5. The zero-order chi connectivity index (χ0) is 18.4. The van der Waals surface area contributed by atoms with Crippen molar-refractivity contribution in [2.45, 2.75) is 25.9 Å². The number of nitrogens with zero attached hydrogens (tertiary/aromatic N) is 4. The fourth-order valence-electron chi connectivity index (χ4n) is 2.91. The molecular weight excluding hydrogens is 370 g/mol. The molecule has 0 saturated heterocycles. The molecule has 5 nitrogen and oxygen atoms in total. The molecule has 0 fully saturated rings. The molecule has 126 valence electrons. The summed E-state index contributed by atoms with van der Waals surface area (Å²) < 4.78 is 40.0. The number of hydrogen-bond donors (Lipinski definition) is 1. The third kappa shape index (κ3) is 3.49. The van der Waals surface area contributed by atoms with Crippen molar-refractivity contribution >= 4 is 22.5 Å². The first-order valence-electron chi connectivity index (χ1n) is 7.24. The van der Waals surface area contributed by atoms with E-state index in [1.54, 1.807) is 31.0 Å². The van der Waals surface area contributed by atoms with Gasteiger partial charge in [-0.25, -0.2) is 4.85 Å². The Morgan fingerprint density at radius 3 is 2.58 bits per heavy atom. The third-order valence-electron chi connectivity index (χ3n) is 4.08. The van der Waals surface area contributed by atoms with Crippen LogP contribution in [-0.2, 0) is 0 Å². The number of aliphatic imine (C=N–C) groups is 1. The number of fused-ring (bicyclic) bond motifs is 1. The van der Waals surface area contributed by atoms with Crippen LogP contribution in [0.3, 0.4) is 0 Å². The predicted molar refractivity (Wildman–Crippen MR) is 88.2 cm³/mol. The van der Waals surface area contributed by atoms with Gasteiger partial charge in [0.2, 0.25) is 0 Å². The molecule has 26 heavy (non-hydrogen) atoms. The number of rotatable bonds is 1. The largest absolute Gasteiger partial charge is 1.00 e. The van der Waals surface area contributed by atoms with Gasteiger partial charge in [0.1, 0.15) is 0 Å². The maximum absolute atomic E-state index is 13.3. The summed E-state index contributed by atoms with van der Waals surface area (Å²) in [5, 5.41) is 17.0. The fraction of sp³-hybridized carbons (Fsp3) is 0.235. The van der Waals surface area contributed by atoms with Crippen molar-refractivity contribution in [2.24, 2.45) is 4.99 Å². The van der Waals surface area contributed by atoms with Gasteiger partial charge in [0.15, 0.2) is 11.4 Å². The van der Waals surface area contributed by atoms with E-state index in [4.69, 9.17) is 6.57 Å². The molecule has 0 unspecified atom stereocenters. The Balaban J connectivity index is 0.00000243. The van der Waals surface area contributed by atoms with E-state index in [2.05, 4.69) is 20.0 Å². The van der Waals surface area contributed by atoms with Crippen LogP contribution in [0.4, 0.5) is 13.2 Å². The van der Waals surface area contributed by atoms with E-state index in [0.29, 0.717) is 11.1 Å². The molecule has 2 aromatic rings. The van der Waals surface area contributed by atoms with Gasteiger partial charge >= 0.3 is 57.6 Å². The summed E-state index contributed by atoms with van der Waals surface area (Å²) in [4.78, 5) is 6.83. The van der Waals surface area contributed by atoms with E-state index in [0.717, 1.165) is 11.1 Å². The summed E-state index contributed by atoms with van der Waals surface area (Å²) in [6.45, 7) is 10.5. The van der Waals surface area contributed by atoms with Crippen molar-refractivity contribution in [3.8, 4) is 0 Å². The topological polar surface area (TPSA) is 67.7 Å². The molecule has 1 aromatic carbocycles. The minimum Gasteiger partial charge on any atom is -0.763 e. The van der Waals surface area contributed by atoms with Crippen molar-refractivity contribution in [3.05, 3.63) is 63.3 Å². The van der Waals surface area contributed by atoms with Crippen LogP contribution in [0.15, 0.2) is 40.2 Å². The van der Waals surface area contributed by atoms with E-state index in [9.17, 15) is 18.6 Å². The van der Waals surface area contributed by atoms with Gasteiger partial charge < -0.3 is 5.41 Å². The van der Waals surface area contributed by atoms with Gasteiger partial charge in [-0.05, 0) is 31.5 Å². The molecule has 1 aliphatic heterocycles. The van der Waals surface area contributed by atoms with E-state index >= 15 is 0 Å². The zero-order valence-corrected chi connectivity index (χ0v) is 17.4. The van der Waals surface area contributed by atoms with Gasteiger partial charge in [-0.15, -0.1) is 0 Å². The third-order valence-corrected chi connectivity index (χ3v) is 4.08. The molecule has 0 saturated carbocycles. The number of aryl methyl sites for hydroxylation is 1. The van der Waals surface area contributed by atoms with Crippen LogP contribution in [0.25, 0.3) is 21.2 Å². The number of allylic oxidation sites excluding steroid dienone is 2. The minimum atomic E-state index is -4.77. The summed E-state index contributed by atoms with van der Waals surface area (Å²) >= 11 is 0. The van der Waals surface area contributed by atoms with Gasteiger partial charge in [-0.1, -0.05) is 6.07 Å². The quantitative estimate of drug-likeness (QED) is 0.452.